The third kappa shape index (κ3) is 2.84. The minimum Gasteiger partial charge on any atom is -0.326 e. The summed E-state index contributed by atoms with van der Waals surface area (Å²) >= 11 is 0. The van der Waals surface area contributed by atoms with Crippen LogP contribution in [0.5, 0.6) is 0 Å². The van der Waals surface area contributed by atoms with E-state index in [9.17, 15) is 4.79 Å². The van der Waals surface area contributed by atoms with Gasteiger partial charge < -0.3 is 10.6 Å². The van der Waals surface area contributed by atoms with Gasteiger partial charge in [-0.2, -0.15) is 5.10 Å². The standard InChI is InChI=1S/C8H12N4O.2ClH/c1-11-5-7(3-10-11)12-4-6(9)2-8(12)13;;/h3,5-6H,2,4,9H2,1H3;2*1H. The van der Waals surface area contributed by atoms with E-state index >= 15 is 0 Å². The topological polar surface area (TPSA) is 64.2 Å². The summed E-state index contributed by atoms with van der Waals surface area (Å²) in [6.45, 7) is 0.602. The van der Waals surface area contributed by atoms with Gasteiger partial charge in [0.2, 0.25) is 5.91 Å². The maximum absolute atomic E-state index is 11.4. The lowest BCUT2D eigenvalue weighted by Gasteiger charge is -2.12. The van der Waals surface area contributed by atoms with Crippen molar-refractivity contribution in [3.8, 4) is 0 Å². The molecule has 0 saturated carbocycles. The molecular weight excluding hydrogens is 239 g/mol. The smallest absolute Gasteiger partial charge is 0.228 e. The quantitative estimate of drug-likeness (QED) is 0.784. The van der Waals surface area contributed by atoms with Gasteiger partial charge in [0.05, 0.1) is 11.9 Å². The molecule has 86 valence electrons. The number of aryl methyl sites for hydroxylation is 1. The summed E-state index contributed by atoms with van der Waals surface area (Å²) < 4.78 is 1.67. The predicted octanol–water partition coefficient (Wildman–Crippen LogP) is 0.328. The third-order valence-corrected chi connectivity index (χ3v) is 2.16. The van der Waals surface area contributed by atoms with E-state index in [-0.39, 0.29) is 36.8 Å². The van der Waals surface area contributed by atoms with Crippen molar-refractivity contribution in [2.24, 2.45) is 12.8 Å². The molecule has 2 heterocycles. The van der Waals surface area contributed by atoms with Crippen LogP contribution in [-0.4, -0.2) is 28.3 Å². The number of carbonyl (C=O) groups excluding carboxylic acids is 1. The van der Waals surface area contributed by atoms with Crippen molar-refractivity contribution in [2.75, 3.05) is 11.4 Å². The van der Waals surface area contributed by atoms with E-state index in [4.69, 9.17) is 5.73 Å². The second kappa shape index (κ2) is 5.34. The highest BCUT2D eigenvalue weighted by atomic mass is 35.5. The number of hydrogen-bond acceptors (Lipinski definition) is 3. The maximum Gasteiger partial charge on any atom is 0.228 e. The number of anilines is 1. The zero-order valence-corrected chi connectivity index (χ0v) is 9.92. The molecule has 1 aromatic heterocycles. The molecule has 7 heteroatoms. The second-order valence-electron chi connectivity index (χ2n) is 3.34. The Bertz CT molecular complexity index is 341. The average molecular weight is 253 g/mol. The van der Waals surface area contributed by atoms with Gasteiger partial charge in [0.25, 0.3) is 0 Å². The van der Waals surface area contributed by atoms with Gasteiger partial charge in [-0.3, -0.25) is 9.48 Å². The lowest BCUT2D eigenvalue weighted by molar-refractivity contribution is -0.117. The van der Waals surface area contributed by atoms with Gasteiger partial charge in [0.15, 0.2) is 0 Å². The van der Waals surface area contributed by atoms with Crippen LogP contribution in [0.4, 0.5) is 5.69 Å². The minimum absolute atomic E-state index is 0. The Hall–Kier alpha value is -0.780. The number of rotatable bonds is 1. The average Bonchev–Trinajstić information content (AvgIpc) is 2.58. The highest BCUT2D eigenvalue weighted by Gasteiger charge is 2.28. The Morgan fingerprint density at radius 1 is 1.53 bits per heavy atom. The van der Waals surface area contributed by atoms with Gasteiger partial charge in [0.1, 0.15) is 0 Å². The van der Waals surface area contributed by atoms with Gasteiger partial charge in [-0.25, -0.2) is 0 Å². The van der Waals surface area contributed by atoms with Crippen LogP contribution in [0.25, 0.3) is 0 Å². The zero-order chi connectivity index (χ0) is 9.42. The van der Waals surface area contributed by atoms with Gasteiger partial charge in [-0.1, -0.05) is 0 Å². The van der Waals surface area contributed by atoms with Crippen molar-refractivity contribution in [2.45, 2.75) is 12.5 Å². The van der Waals surface area contributed by atoms with Gasteiger partial charge in [-0.15, -0.1) is 24.8 Å². The number of carbonyl (C=O) groups is 1. The van der Waals surface area contributed by atoms with E-state index in [1.54, 1.807) is 15.8 Å². The van der Waals surface area contributed by atoms with Gasteiger partial charge >= 0.3 is 0 Å². The summed E-state index contributed by atoms with van der Waals surface area (Å²) in [5.41, 5.74) is 6.50. The molecule has 2 N–H and O–H groups in total. The minimum atomic E-state index is -0.0345. The first-order chi connectivity index (χ1) is 6.16. The van der Waals surface area contributed by atoms with E-state index < -0.39 is 0 Å². The van der Waals surface area contributed by atoms with Crippen LogP contribution in [0.3, 0.4) is 0 Å². The van der Waals surface area contributed by atoms with Gasteiger partial charge in [0, 0.05) is 32.3 Å². The van der Waals surface area contributed by atoms with E-state index in [1.807, 2.05) is 13.2 Å². The van der Waals surface area contributed by atoms with Crippen LogP contribution in [-0.2, 0) is 11.8 Å². The van der Waals surface area contributed by atoms with E-state index in [1.165, 1.54) is 0 Å². The molecule has 1 aromatic rings. The largest absolute Gasteiger partial charge is 0.326 e. The first-order valence-electron chi connectivity index (χ1n) is 4.21. The molecule has 15 heavy (non-hydrogen) atoms. The highest BCUT2D eigenvalue weighted by molar-refractivity contribution is 5.95. The molecule has 1 fully saturated rings. The van der Waals surface area contributed by atoms with Crippen molar-refractivity contribution in [3.05, 3.63) is 12.4 Å². The molecule has 0 bridgehead atoms. The molecule has 0 aliphatic carbocycles. The number of amides is 1. The number of halogens is 2. The number of hydrogen-bond donors (Lipinski definition) is 1. The molecule has 1 aliphatic heterocycles. The summed E-state index contributed by atoms with van der Waals surface area (Å²) in [7, 11) is 1.82. The fourth-order valence-electron chi connectivity index (χ4n) is 1.53. The molecule has 1 atom stereocenters. The Balaban J connectivity index is 0.000000980. The van der Waals surface area contributed by atoms with Crippen LogP contribution < -0.4 is 10.6 Å². The van der Waals surface area contributed by atoms with Crippen molar-refractivity contribution in [1.29, 1.82) is 0 Å². The Morgan fingerprint density at radius 3 is 2.60 bits per heavy atom. The molecule has 2 rings (SSSR count). The molecule has 1 unspecified atom stereocenters. The van der Waals surface area contributed by atoms with Crippen LogP contribution in [0, 0.1) is 0 Å². The lowest BCUT2D eigenvalue weighted by Crippen LogP contribution is -2.27. The summed E-state index contributed by atoms with van der Waals surface area (Å²) in [6, 6.07) is -0.0345. The Kier molecular flexibility index (Phi) is 5.07. The lowest BCUT2D eigenvalue weighted by atomic mass is 10.3. The second-order valence-corrected chi connectivity index (χ2v) is 3.34. The Labute approximate surface area is 100 Å². The van der Waals surface area contributed by atoms with E-state index in [2.05, 4.69) is 5.10 Å². The molecule has 1 aliphatic rings. The predicted molar refractivity (Wildman–Crippen MR) is 62.6 cm³/mol. The molecule has 0 radical (unpaired) electrons. The van der Waals surface area contributed by atoms with Crippen LogP contribution in [0.15, 0.2) is 12.4 Å². The first-order valence-corrected chi connectivity index (χ1v) is 4.21. The van der Waals surface area contributed by atoms with E-state index in [0.29, 0.717) is 13.0 Å². The number of nitrogens with zero attached hydrogens (tertiary/aromatic N) is 3. The SMILES string of the molecule is Cl.Cl.Cn1cc(N2CC(N)CC2=O)cn1. The van der Waals surface area contributed by atoms with Crippen LogP contribution >= 0.6 is 24.8 Å². The van der Waals surface area contributed by atoms with Crippen molar-refractivity contribution < 1.29 is 4.79 Å². The third-order valence-electron chi connectivity index (χ3n) is 2.16. The van der Waals surface area contributed by atoms with E-state index in [0.717, 1.165) is 5.69 Å². The highest BCUT2D eigenvalue weighted by Crippen LogP contribution is 2.19. The molecular formula is C8H14Cl2N4O. The Morgan fingerprint density at radius 2 is 2.20 bits per heavy atom. The molecule has 0 aromatic carbocycles. The zero-order valence-electron chi connectivity index (χ0n) is 8.29. The molecule has 1 amide bonds. The summed E-state index contributed by atoms with van der Waals surface area (Å²) in [6.07, 6.45) is 3.93. The molecule has 5 nitrogen and oxygen atoms in total. The fraction of sp³-hybridized carbons (Fsp3) is 0.500. The summed E-state index contributed by atoms with van der Waals surface area (Å²) in [4.78, 5) is 13.1. The molecule has 1 saturated heterocycles. The fourth-order valence-corrected chi connectivity index (χ4v) is 1.53. The summed E-state index contributed by atoms with van der Waals surface area (Å²) in [5.74, 6) is 0.0838. The van der Waals surface area contributed by atoms with Crippen molar-refractivity contribution in [3.63, 3.8) is 0 Å². The summed E-state index contributed by atoms with van der Waals surface area (Å²) in [5, 5.41) is 4.00. The van der Waals surface area contributed by atoms with Crippen LogP contribution in [0.1, 0.15) is 6.42 Å². The van der Waals surface area contributed by atoms with Gasteiger partial charge in [-0.05, 0) is 0 Å². The van der Waals surface area contributed by atoms with Crippen molar-refractivity contribution in [1.82, 2.24) is 9.78 Å². The monoisotopic (exact) mass is 252 g/mol. The number of nitrogens with two attached hydrogens (primary N) is 1. The first kappa shape index (κ1) is 14.2. The number of aromatic nitrogens is 2. The molecule has 0 spiro atoms. The van der Waals surface area contributed by atoms with Crippen LogP contribution in [0.2, 0.25) is 0 Å². The maximum atomic E-state index is 11.4. The van der Waals surface area contributed by atoms with Crippen molar-refractivity contribution >= 4 is 36.4 Å². The normalized spacial score (nSPS) is 19.7.